The molecule has 0 heterocycles. The van der Waals surface area contributed by atoms with Crippen molar-refractivity contribution in [2.24, 2.45) is 10.6 Å². The summed E-state index contributed by atoms with van der Waals surface area (Å²) in [7, 11) is 4.72. The molecule has 5 heavy (non-hydrogen) atoms. The third kappa shape index (κ3) is 4.55. The Morgan fingerprint density at radius 2 is 3.00 bits per heavy atom. The van der Waals surface area contributed by atoms with Gasteiger partial charge in [-0.25, -0.2) is 0 Å². The van der Waals surface area contributed by atoms with Crippen molar-refractivity contribution in [1.29, 1.82) is 0 Å². The number of halogens is 1. The average Bonchev–Trinajstić information content (AvgIpc) is 1.65. The van der Waals surface area contributed by atoms with Gasteiger partial charge in [0.25, 0.3) is 0 Å². The molecule has 0 saturated carbocycles. The first-order valence-corrected chi connectivity index (χ1v) is 2.27. The minimum absolute atomic E-state index is 0.275. The van der Waals surface area contributed by atoms with Gasteiger partial charge in [-0.05, 0) is 0 Å². The van der Waals surface area contributed by atoms with Crippen molar-refractivity contribution in [3.05, 3.63) is 0 Å². The van der Waals surface area contributed by atoms with E-state index in [0.717, 1.165) is 0 Å². The van der Waals surface area contributed by atoms with Crippen LogP contribution < -0.4 is 5.73 Å². The molecule has 0 aromatic rings. The first-order valence-electron chi connectivity index (χ1n) is 1.52. The van der Waals surface area contributed by atoms with Gasteiger partial charge in [-0.1, -0.05) is 0 Å². The van der Waals surface area contributed by atoms with Gasteiger partial charge in [-0.3, -0.25) is 0 Å². The summed E-state index contributed by atoms with van der Waals surface area (Å²) in [4.78, 5) is 3.20. The molecule has 0 aromatic heterocycles. The number of hydrogen-bond acceptors (Lipinski definition) is 2. The molecular formula is CH3BIN2. The summed E-state index contributed by atoms with van der Waals surface area (Å²) in [5.74, 6) is 0. The summed E-state index contributed by atoms with van der Waals surface area (Å²) < 4.78 is 6.10. The van der Waals surface area contributed by atoms with Crippen LogP contribution in [0.2, 0.25) is 1.41 Å². The fourth-order valence-electron chi connectivity index (χ4n) is 0. The van der Waals surface area contributed by atoms with E-state index >= 15 is 0 Å². The molecule has 0 aromatic carbocycles. The van der Waals surface area contributed by atoms with Crippen LogP contribution in [0.5, 0.6) is 0 Å². The minimum atomic E-state index is -0.275. The van der Waals surface area contributed by atoms with Crippen molar-refractivity contribution < 1.29 is 1.41 Å². The maximum absolute atomic E-state index is 6.38. The van der Waals surface area contributed by atoms with Gasteiger partial charge in [-0.2, -0.15) is 0 Å². The summed E-state index contributed by atoms with van der Waals surface area (Å²) in [5, 5.41) is 0. The SMILES string of the molecule is [2H]NC(I)N=[B]. The zero-order chi connectivity index (χ0) is 4.99. The van der Waals surface area contributed by atoms with Crippen LogP contribution in [0.15, 0.2) is 4.90 Å². The Labute approximate surface area is 46.9 Å². The first-order chi connectivity index (χ1) is 2.81. The van der Waals surface area contributed by atoms with Gasteiger partial charge in [0.2, 0.25) is 0 Å². The fourth-order valence-corrected chi connectivity index (χ4v) is 0. The van der Waals surface area contributed by atoms with Gasteiger partial charge in [-0.15, -0.1) is 0 Å². The Bertz CT molecular complexity index is 50.8. The van der Waals surface area contributed by atoms with E-state index in [1.54, 1.807) is 0 Å². The average molecular weight is 182 g/mol. The summed E-state index contributed by atoms with van der Waals surface area (Å²) in [6, 6.07) is 0. The molecule has 0 aliphatic carbocycles. The van der Waals surface area contributed by atoms with Crippen molar-refractivity contribution in [1.82, 2.24) is 0 Å². The number of rotatable bonds is 2. The molecule has 0 rings (SSSR count). The Morgan fingerprint density at radius 3 is 3.00 bits per heavy atom. The van der Waals surface area contributed by atoms with Crippen molar-refractivity contribution >= 4 is 30.2 Å². The van der Waals surface area contributed by atoms with Crippen LogP contribution in [0.25, 0.3) is 0 Å². The van der Waals surface area contributed by atoms with Crippen LogP contribution >= 0.6 is 22.6 Å². The number of alkyl halides is 1. The van der Waals surface area contributed by atoms with Gasteiger partial charge in [0.1, 0.15) is 0 Å². The number of nitrogens with two attached hydrogens (primary N) is 1. The zero-order valence-electron chi connectivity index (χ0n) is 3.48. The molecule has 4 heteroatoms. The monoisotopic (exact) mass is 182 g/mol. The standard InChI is InChI=1S/CH3BIN2/c2-5-1(3)4/h1H,4H2/i/hD. The van der Waals surface area contributed by atoms with E-state index in [4.69, 9.17) is 9.05 Å². The predicted octanol–water partition coefficient (Wildman–Crippen LogP) is 0.0158. The molecule has 0 aliphatic heterocycles. The Hall–Kier alpha value is 0.555. The topological polar surface area (TPSA) is 38.4 Å². The van der Waals surface area contributed by atoms with Gasteiger partial charge >= 0.3 is 46.4 Å². The molecule has 1 unspecified atom stereocenters. The zero-order valence-corrected chi connectivity index (χ0v) is 4.64. The number of hydrogen-bond donors (Lipinski definition) is 1. The van der Waals surface area contributed by atoms with Gasteiger partial charge in [0.15, 0.2) is 0 Å². The summed E-state index contributed by atoms with van der Waals surface area (Å²) in [6.07, 6.45) is 0. The van der Waals surface area contributed by atoms with E-state index in [1.807, 2.05) is 22.6 Å². The Morgan fingerprint density at radius 1 is 2.40 bits per heavy atom. The van der Waals surface area contributed by atoms with Crippen LogP contribution in [-0.4, -0.2) is 11.8 Å². The van der Waals surface area contributed by atoms with E-state index in [1.165, 1.54) is 0 Å². The molecule has 0 amide bonds. The molecule has 0 aliphatic rings. The molecule has 1 atom stereocenters. The van der Waals surface area contributed by atoms with E-state index < -0.39 is 0 Å². The summed E-state index contributed by atoms with van der Waals surface area (Å²) >= 11 is 1.88. The molecule has 2 nitrogen and oxygen atoms in total. The molecule has 2 N–H and O–H groups in total. The van der Waals surface area contributed by atoms with Crippen molar-refractivity contribution in [2.75, 3.05) is 0 Å². The van der Waals surface area contributed by atoms with Gasteiger partial charge in [0, 0.05) is 0 Å². The predicted molar refractivity (Wildman–Crippen MR) is 30.2 cm³/mol. The first kappa shape index (κ1) is 3.73. The molecule has 1 radical (unpaired) electrons. The summed E-state index contributed by atoms with van der Waals surface area (Å²) in [6.45, 7) is 0. The van der Waals surface area contributed by atoms with E-state index in [2.05, 4.69) is 10.6 Å². The molecule has 0 saturated heterocycles. The van der Waals surface area contributed by atoms with Crippen molar-refractivity contribution in [3.63, 3.8) is 0 Å². The third-order valence-electron chi connectivity index (χ3n) is 0.131. The second-order valence-electron chi connectivity index (χ2n) is 0.485. The van der Waals surface area contributed by atoms with Gasteiger partial charge in [0.05, 0.1) is 0 Å². The van der Waals surface area contributed by atoms with Gasteiger partial charge < -0.3 is 0 Å². The van der Waals surface area contributed by atoms with Crippen LogP contribution in [-0.2, 0) is 0 Å². The Balaban J connectivity index is 2.96. The van der Waals surface area contributed by atoms with E-state index in [9.17, 15) is 0 Å². The van der Waals surface area contributed by atoms with Crippen LogP contribution in [0, 0.1) is 0 Å². The van der Waals surface area contributed by atoms with Crippen molar-refractivity contribution in [3.8, 4) is 0 Å². The molecule has 27 valence electrons. The molecule has 0 fully saturated rings. The van der Waals surface area contributed by atoms with Crippen molar-refractivity contribution in [2.45, 2.75) is 4.17 Å². The molecule has 0 bridgehead atoms. The van der Waals surface area contributed by atoms with Crippen LogP contribution in [0.1, 0.15) is 0 Å². The maximum atomic E-state index is 6.38. The fraction of sp³-hybridized carbons (Fsp3) is 1.00. The molecule has 0 spiro atoms. The van der Waals surface area contributed by atoms with Crippen LogP contribution in [0.4, 0.5) is 0 Å². The Kier molecular flexibility index (Phi) is 2.07. The third-order valence-corrected chi connectivity index (χ3v) is 0.453. The summed E-state index contributed by atoms with van der Waals surface area (Å²) in [5.41, 5.74) is 2.06. The molecular weight excluding hydrogens is 178 g/mol. The van der Waals surface area contributed by atoms with E-state index in [-0.39, 0.29) is 4.17 Å². The second kappa shape index (κ2) is 2.77. The number of nitrogens with zero attached hydrogens (tertiary/aromatic N) is 1. The normalized spacial score (nSPS) is 16.4. The van der Waals surface area contributed by atoms with Crippen LogP contribution in [0.3, 0.4) is 0 Å². The second-order valence-corrected chi connectivity index (χ2v) is 1.66. The van der Waals surface area contributed by atoms with E-state index in [0.29, 0.717) is 0 Å². The quantitative estimate of drug-likeness (QED) is 0.277.